The number of hydrogen-bond donors (Lipinski definition) is 0. The fourth-order valence-corrected chi connectivity index (χ4v) is 3.71. The second-order valence-electron chi connectivity index (χ2n) is 6.13. The molecule has 1 fully saturated rings. The maximum atomic E-state index is 9.70. The topological polar surface area (TPSA) is 39.6 Å². The molecule has 0 saturated carbocycles. The number of piperidine rings is 1. The Labute approximate surface area is 136 Å². The molecule has 114 valence electrons. The molecule has 1 aliphatic heterocycles. The Morgan fingerprint density at radius 3 is 2.13 bits per heavy atom. The SMILES string of the molecule is [N-]=[N+]=C1C(c2ccccc2)=C(N2CCCCC2)c2ccccc21. The lowest BCUT2D eigenvalue weighted by Crippen LogP contribution is -2.28. The van der Waals surface area contributed by atoms with Crippen LogP contribution in [0.15, 0.2) is 54.6 Å². The Morgan fingerprint density at radius 2 is 1.43 bits per heavy atom. The van der Waals surface area contributed by atoms with E-state index in [1.54, 1.807) is 0 Å². The van der Waals surface area contributed by atoms with Gasteiger partial charge in [-0.25, -0.2) is 0 Å². The van der Waals surface area contributed by atoms with E-state index in [0.29, 0.717) is 5.71 Å². The summed E-state index contributed by atoms with van der Waals surface area (Å²) in [4.78, 5) is 6.13. The minimum absolute atomic E-state index is 0.687. The summed E-state index contributed by atoms with van der Waals surface area (Å²) in [7, 11) is 0. The van der Waals surface area contributed by atoms with Crippen molar-refractivity contribution in [2.24, 2.45) is 0 Å². The minimum atomic E-state index is 0.687. The third-order valence-corrected chi connectivity index (χ3v) is 4.75. The van der Waals surface area contributed by atoms with Crippen LogP contribution in [0.5, 0.6) is 0 Å². The Kier molecular flexibility index (Phi) is 3.57. The minimum Gasteiger partial charge on any atom is -0.370 e. The standard InChI is InChI=1S/C20H19N3/c21-22-19-16-11-5-6-12-17(16)20(23-13-7-2-8-14-23)18(19)15-9-3-1-4-10-15/h1,3-6,9-12H,2,7-8,13-14H2. The molecule has 2 aromatic carbocycles. The van der Waals surface area contributed by atoms with Gasteiger partial charge in [0.1, 0.15) is 0 Å². The molecule has 0 spiro atoms. The molecule has 0 N–H and O–H groups in total. The average Bonchev–Trinajstić information content (AvgIpc) is 2.97. The first-order valence-corrected chi connectivity index (χ1v) is 8.27. The van der Waals surface area contributed by atoms with Crippen molar-refractivity contribution in [3.63, 3.8) is 0 Å². The van der Waals surface area contributed by atoms with E-state index >= 15 is 0 Å². The van der Waals surface area contributed by atoms with E-state index in [9.17, 15) is 5.53 Å². The lowest BCUT2D eigenvalue weighted by atomic mass is 10.0. The molecule has 2 aromatic rings. The van der Waals surface area contributed by atoms with Gasteiger partial charge in [-0.05, 0) is 30.9 Å². The monoisotopic (exact) mass is 301 g/mol. The van der Waals surface area contributed by atoms with Crippen LogP contribution >= 0.6 is 0 Å². The first-order valence-electron chi connectivity index (χ1n) is 8.27. The van der Waals surface area contributed by atoms with Gasteiger partial charge in [0.15, 0.2) is 0 Å². The van der Waals surface area contributed by atoms with E-state index in [0.717, 1.165) is 29.8 Å². The van der Waals surface area contributed by atoms with Crippen LogP contribution in [0.1, 0.15) is 36.0 Å². The molecule has 2 aliphatic rings. The zero-order chi connectivity index (χ0) is 15.6. The number of nitrogens with zero attached hydrogens (tertiary/aromatic N) is 3. The largest absolute Gasteiger partial charge is 0.370 e. The smallest absolute Gasteiger partial charge is 0.333 e. The molecule has 1 heterocycles. The summed E-state index contributed by atoms with van der Waals surface area (Å²) in [6.07, 6.45) is 3.74. The van der Waals surface area contributed by atoms with Gasteiger partial charge in [0.25, 0.3) is 0 Å². The van der Waals surface area contributed by atoms with Gasteiger partial charge >= 0.3 is 5.71 Å². The van der Waals surface area contributed by atoms with Crippen LogP contribution in [-0.2, 0) is 0 Å². The van der Waals surface area contributed by atoms with Gasteiger partial charge < -0.3 is 10.4 Å². The molecule has 0 unspecified atom stereocenters. The first kappa shape index (κ1) is 14.0. The van der Waals surface area contributed by atoms with Crippen molar-refractivity contribution in [2.75, 3.05) is 13.1 Å². The fourth-order valence-electron chi connectivity index (χ4n) is 3.71. The predicted octanol–water partition coefficient (Wildman–Crippen LogP) is 4.07. The molecule has 0 radical (unpaired) electrons. The second kappa shape index (κ2) is 5.86. The van der Waals surface area contributed by atoms with Crippen molar-refractivity contribution in [1.82, 2.24) is 4.90 Å². The zero-order valence-electron chi connectivity index (χ0n) is 13.1. The van der Waals surface area contributed by atoms with Crippen molar-refractivity contribution >= 4 is 17.0 Å². The fraction of sp³-hybridized carbons (Fsp3) is 0.250. The van der Waals surface area contributed by atoms with Gasteiger partial charge in [0, 0.05) is 18.7 Å². The Hall–Kier alpha value is -2.64. The Morgan fingerprint density at radius 1 is 0.783 bits per heavy atom. The number of rotatable bonds is 2. The Balaban J connectivity index is 1.97. The van der Waals surface area contributed by atoms with Gasteiger partial charge in [0.2, 0.25) is 0 Å². The highest BCUT2D eigenvalue weighted by Crippen LogP contribution is 2.40. The van der Waals surface area contributed by atoms with Gasteiger partial charge in [-0.2, -0.15) is 4.79 Å². The van der Waals surface area contributed by atoms with Crippen molar-refractivity contribution in [3.8, 4) is 0 Å². The molecule has 1 aliphatic carbocycles. The third kappa shape index (κ3) is 2.30. The van der Waals surface area contributed by atoms with E-state index in [2.05, 4.69) is 34.0 Å². The average molecular weight is 301 g/mol. The molecule has 0 aromatic heterocycles. The molecular weight excluding hydrogens is 282 g/mol. The first-order chi connectivity index (χ1) is 11.4. The summed E-state index contributed by atoms with van der Waals surface area (Å²) in [6, 6.07) is 18.5. The van der Waals surface area contributed by atoms with E-state index in [1.165, 1.54) is 30.5 Å². The van der Waals surface area contributed by atoms with Crippen LogP contribution in [-0.4, -0.2) is 28.5 Å². The molecule has 3 nitrogen and oxygen atoms in total. The van der Waals surface area contributed by atoms with Crippen LogP contribution in [0.4, 0.5) is 0 Å². The molecule has 0 amide bonds. The maximum absolute atomic E-state index is 9.70. The highest BCUT2D eigenvalue weighted by molar-refractivity contribution is 6.39. The summed E-state index contributed by atoms with van der Waals surface area (Å²) >= 11 is 0. The maximum Gasteiger partial charge on any atom is 0.333 e. The quantitative estimate of drug-likeness (QED) is 0.608. The highest BCUT2D eigenvalue weighted by atomic mass is 15.1. The second-order valence-corrected chi connectivity index (χ2v) is 6.13. The zero-order valence-corrected chi connectivity index (χ0v) is 13.1. The van der Waals surface area contributed by atoms with Crippen molar-refractivity contribution in [2.45, 2.75) is 19.3 Å². The highest BCUT2D eigenvalue weighted by Gasteiger charge is 2.37. The number of benzene rings is 2. The van der Waals surface area contributed by atoms with E-state index in [4.69, 9.17) is 0 Å². The number of hydrogen-bond acceptors (Lipinski definition) is 1. The lowest BCUT2D eigenvalue weighted by Gasteiger charge is -2.31. The van der Waals surface area contributed by atoms with Crippen LogP contribution in [0.25, 0.3) is 16.8 Å². The number of allylic oxidation sites excluding steroid dienone is 1. The van der Waals surface area contributed by atoms with E-state index in [-0.39, 0.29) is 0 Å². The summed E-state index contributed by atoms with van der Waals surface area (Å²) in [5, 5.41) is 0. The normalized spacial score (nSPS) is 17.2. The lowest BCUT2D eigenvalue weighted by molar-refractivity contribution is -0.00109. The van der Waals surface area contributed by atoms with Crippen molar-refractivity contribution < 1.29 is 4.79 Å². The molecule has 23 heavy (non-hydrogen) atoms. The Bertz CT molecular complexity index is 808. The number of likely N-dealkylation sites (tertiary alicyclic amines) is 1. The van der Waals surface area contributed by atoms with Gasteiger partial charge in [-0.3, -0.25) is 0 Å². The van der Waals surface area contributed by atoms with Crippen LogP contribution in [0, 0.1) is 0 Å². The summed E-state index contributed by atoms with van der Waals surface area (Å²) in [6.45, 7) is 2.14. The predicted molar refractivity (Wildman–Crippen MR) is 92.9 cm³/mol. The molecule has 1 saturated heterocycles. The molecule has 0 bridgehead atoms. The van der Waals surface area contributed by atoms with Crippen molar-refractivity contribution in [3.05, 3.63) is 76.8 Å². The van der Waals surface area contributed by atoms with Crippen LogP contribution in [0.3, 0.4) is 0 Å². The number of fused-ring (bicyclic) bond motifs is 1. The van der Waals surface area contributed by atoms with Crippen molar-refractivity contribution in [1.29, 1.82) is 0 Å². The molecule has 4 rings (SSSR count). The van der Waals surface area contributed by atoms with Gasteiger partial charge in [-0.15, -0.1) is 0 Å². The summed E-state index contributed by atoms with van der Waals surface area (Å²) in [5.74, 6) is 0. The van der Waals surface area contributed by atoms with E-state index < -0.39 is 0 Å². The summed E-state index contributed by atoms with van der Waals surface area (Å²) < 4.78 is 0. The third-order valence-electron chi connectivity index (χ3n) is 4.75. The molecular formula is C20H19N3. The van der Waals surface area contributed by atoms with Gasteiger partial charge in [-0.1, -0.05) is 48.5 Å². The van der Waals surface area contributed by atoms with Crippen LogP contribution in [0.2, 0.25) is 0 Å². The van der Waals surface area contributed by atoms with Gasteiger partial charge in [0.05, 0.1) is 16.8 Å². The summed E-state index contributed by atoms with van der Waals surface area (Å²) in [5.41, 5.74) is 16.0. The molecule has 3 heteroatoms. The van der Waals surface area contributed by atoms with E-state index in [1.807, 2.05) is 30.3 Å². The molecule has 0 atom stereocenters. The van der Waals surface area contributed by atoms with Crippen LogP contribution < -0.4 is 0 Å².